The maximum Gasteiger partial charge on any atom is 0.297 e. The fourth-order valence-corrected chi connectivity index (χ4v) is 4.95. The van der Waals surface area contributed by atoms with E-state index in [9.17, 15) is 18.8 Å². The molecule has 0 aliphatic carbocycles. The van der Waals surface area contributed by atoms with Gasteiger partial charge in [-0.3, -0.25) is 19.3 Å². The van der Waals surface area contributed by atoms with Gasteiger partial charge in [0.25, 0.3) is 11.8 Å². The summed E-state index contributed by atoms with van der Waals surface area (Å²) in [6.45, 7) is 5.51. The first-order chi connectivity index (χ1) is 16.4. The molecule has 0 bridgehead atoms. The van der Waals surface area contributed by atoms with E-state index in [1.165, 1.54) is 17.0 Å². The monoisotopic (exact) mass is 457 g/mol. The fraction of sp³-hybridized carbons (Fsp3) is 0.120. The molecule has 2 aromatic carbocycles. The molecule has 0 N–H and O–H groups in total. The van der Waals surface area contributed by atoms with Crippen molar-refractivity contribution in [1.29, 1.82) is 0 Å². The van der Waals surface area contributed by atoms with Crippen LogP contribution in [0.5, 0.6) is 0 Å². The molecule has 34 heavy (non-hydrogen) atoms. The van der Waals surface area contributed by atoms with Gasteiger partial charge in [-0.2, -0.15) is 0 Å². The van der Waals surface area contributed by atoms with Crippen LogP contribution in [0, 0.1) is 12.7 Å². The zero-order valence-electron chi connectivity index (χ0n) is 17.9. The molecule has 8 nitrogen and oxygen atoms in total. The average Bonchev–Trinajstić information content (AvgIpc) is 3.43. The molecule has 0 fully saturated rings. The first-order valence-corrected chi connectivity index (χ1v) is 10.5. The number of benzene rings is 2. The molecule has 0 radical (unpaired) electrons. The van der Waals surface area contributed by atoms with Gasteiger partial charge in [0.2, 0.25) is 5.76 Å². The second kappa shape index (κ2) is 6.74. The zero-order valence-corrected chi connectivity index (χ0v) is 17.9. The molecule has 1 unspecified atom stereocenters. The third-order valence-electron chi connectivity index (χ3n) is 6.24. The maximum atomic E-state index is 14.2. The maximum absolute atomic E-state index is 14.2. The van der Waals surface area contributed by atoms with Crippen molar-refractivity contribution in [3.8, 4) is 0 Å². The van der Waals surface area contributed by atoms with Crippen molar-refractivity contribution in [2.24, 2.45) is 0 Å². The van der Waals surface area contributed by atoms with Gasteiger partial charge in [-0.25, -0.2) is 4.39 Å². The number of aryl methyl sites for hydroxylation is 1. The summed E-state index contributed by atoms with van der Waals surface area (Å²) in [4.78, 5) is 44.4. The van der Waals surface area contributed by atoms with Gasteiger partial charge in [0, 0.05) is 18.2 Å². The third kappa shape index (κ3) is 2.30. The summed E-state index contributed by atoms with van der Waals surface area (Å²) < 4.78 is 25.1. The van der Waals surface area contributed by atoms with Crippen LogP contribution in [0.3, 0.4) is 0 Å². The molecular weight excluding hydrogens is 441 g/mol. The Labute approximate surface area is 191 Å². The van der Waals surface area contributed by atoms with E-state index >= 15 is 0 Å². The van der Waals surface area contributed by atoms with Gasteiger partial charge in [-0.1, -0.05) is 29.4 Å². The van der Waals surface area contributed by atoms with Gasteiger partial charge in [-0.15, -0.1) is 6.58 Å². The van der Waals surface area contributed by atoms with Crippen molar-refractivity contribution >= 4 is 34.3 Å². The summed E-state index contributed by atoms with van der Waals surface area (Å²) >= 11 is 0. The number of carbonyl (C=O) groups is 2. The van der Waals surface area contributed by atoms with Crippen LogP contribution in [0.25, 0.3) is 11.0 Å². The number of para-hydroxylation sites is 1. The van der Waals surface area contributed by atoms with Crippen LogP contribution in [0.4, 0.5) is 15.9 Å². The first-order valence-electron chi connectivity index (χ1n) is 10.5. The van der Waals surface area contributed by atoms with Gasteiger partial charge in [-0.05, 0) is 31.2 Å². The van der Waals surface area contributed by atoms with Crippen molar-refractivity contribution in [1.82, 2.24) is 5.16 Å². The Morgan fingerprint density at radius 1 is 1.15 bits per heavy atom. The largest absolute Gasteiger partial charge is 0.450 e. The van der Waals surface area contributed by atoms with Crippen molar-refractivity contribution in [2.45, 2.75) is 12.5 Å². The lowest BCUT2D eigenvalue weighted by molar-refractivity contribution is -0.121. The Morgan fingerprint density at radius 3 is 2.68 bits per heavy atom. The number of rotatable bonds is 3. The number of carbonyl (C=O) groups excluding carboxylic acids is 2. The van der Waals surface area contributed by atoms with E-state index < -0.39 is 28.6 Å². The standard InChI is InChI=1S/C25H16FN3O5/c1-3-10-28-17-7-5-4-6-16(17)25(24(28)32)20-21(30)15-12-14(26)8-9-18(15)33-22(20)23(31)29(25)19-11-13(2)34-27-19/h3-9,11-12H,1,10H2,2H3. The molecule has 2 aromatic heterocycles. The Bertz CT molecular complexity index is 1620. The van der Waals surface area contributed by atoms with Crippen LogP contribution in [-0.4, -0.2) is 23.5 Å². The Hall–Kier alpha value is -4.53. The van der Waals surface area contributed by atoms with Crippen LogP contribution < -0.4 is 15.2 Å². The average molecular weight is 457 g/mol. The number of hydrogen-bond acceptors (Lipinski definition) is 6. The van der Waals surface area contributed by atoms with Crippen LogP contribution >= 0.6 is 0 Å². The molecule has 1 spiro atoms. The van der Waals surface area contributed by atoms with Gasteiger partial charge < -0.3 is 13.8 Å². The normalized spacial score (nSPS) is 18.8. The lowest BCUT2D eigenvalue weighted by Crippen LogP contribution is -2.54. The van der Waals surface area contributed by atoms with Crippen LogP contribution in [0.1, 0.15) is 27.4 Å². The predicted molar refractivity (Wildman–Crippen MR) is 120 cm³/mol. The molecule has 2 aliphatic rings. The van der Waals surface area contributed by atoms with Crippen molar-refractivity contribution in [3.63, 3.8) is 0 Å². The molecular formula is C25H16FN3O5. The van der Waals surface area contributed by atoms with E-state index in [2.05, 4.69) is 11.7 Å². The summed E-state index contributed by atoms with van der Waals surface area (Å²) in [6, 6.07) is 11.8. The molecule has 168 valence electrons. The van der Waals surface area contributed by atoms with Crippen LogP contribution in [0.2, 0.25) is 0 Å². The van der Waals surface area contributed by atoms with Crippen LogP contribution in [0.15, 0.2) is 74.9 Å². The van der Waals surface area contributed by atoms with Gasteiger partial charge in [0.15, 0.2) is 16.8 Å². The number of amides is 2. The number of halogens is 1. The molecule has 0 saturated heterocycles. The van der Waals surface area contributed by atoms with Crippen molar-refractivity contribution < 1.29 is 22.9 Å². The number of hydrogen-bond donors (Lipinski definition) is 0. The Morgan fingerprint density at radius 2 is 1.94 bits per heavy atom. The molecule has 4 aromatic rings. The lowest BCUT2D eigenvalue weighted by atomic mass is 9.84. The summed E-state index contributed by atoms with van der Waals surface area (Å²) in [5.74, 6) is -1.77. The minimum Gasteiger partial charge on any atom is -0.450 e. The van der Waals surface area contributed by atoms with E-state index in [0.717, 1.165) is 17.0 Å². The second-order valence-electron chi connectivity index (χ2n) is 8.14. The fourth-order valence-electron chi connectivity index (χ4n) is 4.95. The van der Waals surface area contributed by atoms with E-state index in [1.54, 1.807) is 37.3 Å². The number of fused-ring (bicyclic) bond motifs is 5. The number of anilines is 2. The summed E-state index contributed by atoms with van der Waals surface area (Å²) in [6.07, 6.45) is 1.55. The predicted octanol–water partition coefficient (Wildman–Crippen LogP) is 3.67. The highest BCUT2D eigenvalue weighted by Gasteiger charge is 2.66. The molecule has 6 rings (SSSR count). The van der Waals surface area contributed by atoms with E-state index in [0.29, 0.717) is 17.0 Å². The molecule has 2 amide bonds. The van der Waals surface area contributed by atoms with Crippen LogP contribution in [-0.2, 0) is 10.3 Å². The smallest absolute Gasteiger partial charge is 0.297 e. The zero-order chi connectivity index (χ0) is 23.8. The van der Waals surface area contributed by atoms with Crippen molar-refractivity contribution in [3.05, 3.63) is 99.9 Å². The molecule has 9 heteroatoms. The summed E-state index contributed by atoms with van der Waals surface area (Å²) in [5, 5.41) is 3.90. The highest BCUT2D eigenvalue weighted by molar-refractivity contribution is 6.24. The molecule has 1 atom stereocenters. The second-order valence-corrected chi connectivity index (χ2v) is 8.14. The minimum absolute atomic E-state index is 0.0357. The lowest BCUT2D eigenvalue weighted by Gasteiger charge is -2.32. The number of nitrogens with zero attached hydrogens (tertiary/aromatic N) is 3. The summed E-state index contributed by atoms with van der Waals surface area (Å²) in [7, 11) is 0. The molecule has 0 saturated carbocycles. The third-order valence-corrected chi connectivity index (χ3v) is 6.24. The van der Waals surface area contributed by atoms with E-state index in [1.807, 2.05) is 0 Å². The van der Waals surface area contributed by atoms with Gasteiger partial charge in [0.05, 0.1) is 16.6 Å². The number of aromatic nitrogens is 1. The van der Waals surface area contributed by atoms with Gasteiger partial charge >= 0.3 is 0 Å². The molecule has 2 aliphatic heterocycles. The van der Waals surface area contributed by atoms with E-state index in [4.69, 9.17) is 8.94 Å². The van der Waals surface area contributed by atoms with Gasteiger partial charge in [0.1, 0.15) is 17.2 Å². The van der Waals surface area contributed by atoms with Crippen molar-refractivity contribution in [2.75, 3.05) is 16.3 Å². The highest BCUT2D eigenvalue weighted by Crippen LogP contribution is 2.53. The van der Waals surface area contributed by atoms with E-state index in [-0.39, 0.29) is 34.7 Å². The highest BCUT2D eigenvalue weighted by atomic mass is 19.1. The Kier molecular flexibility index (Phi) is 3.98. The Balaban J connectivity index is 1.79. The summed E-state index contributed by atoms with van der Waals surface area (Å²) in [5.41, 5.74) is -1.81. The minimum atomic E-state index is -1.91. The first kappa shape index (κ1) is 20.1. The topological polar surface area (TPSA) is 96.9 Å². The SMILES string of the molecule is C=CCN1C(=O)C2(c3ccccc31)c1c(oc3ccc(F)cc3c1=O)C(=O)N2c1cc(C)on1. The molecule has 4 heterocycles. The quantitative estimate of drug-likeness (QED) is 0.436.